The van der Waals surface area contributed by atoms with E-state index < -0.39 is 17.9 Å². The molecule has 11 heavy (non-hydrogen) atoms. The maximum absolute atomic E-state index is 10.6. The highest BCUT2D eigenvalue weighted by Crippen LogP contribution is 2.05. The second-order valence-electron chi connectivity index (χ2n) is 1.90. The van der Waals surface area contributed by atoms with E-state index in [-0.39, 0.29) is 5.75 Å². The van der Waals surface area contributed by atoms with Gasteiger partial charge in [-0.3, -0.25) is 9.10 Å². The SMILES string of the molecule is CC(=O)N(S)[C@@H](CS)C(=O)O. The molecule has 4 nitrogen and oxygen atoms in total. The van der Waals surface area contributed by atoms with Crippen LogP contribution in [0.1, 0.15) is 6.92 Å². The van der Waals surface area contributed by atoms with Gasteiger partial charge in [0, 0.05) is 12.7 Å². The van der Waals surface area contributed by atoms with Gasteiger partial charge in [-0.25, -0.2) is 4.79 Å². The number of hydrogen-bond acceptors (Lipinski definition) is 4. The molecular weight excluding hydrogens is 186 g/mol. The maximum atomic E-state index is 10.6. The average Bonchev–Trinajstić information content (AvgIpc) is 1.88. The molecule has 0 aromatic rings. The van der Waals surface area contributed by atoms with Crippen LogP contribution in [0, 0.1) is 0 Å². The van der Waals surface area contributed by atoms with Crippen molar-refractivity contribution in [3.05, 3.63) is 0 Å². The van der Waals surface area contributed by atoms with Gasteiger partial charge in [0.05, 0.1) is 0 Å². The third kappa shape index (κ3) is 3.02. The zero-order valence-electron chi connectivity index (χ0n) is 5.89. The minimum Gasteiger partial charge on any atom is -0.480 e. The molecule has 0 aromatic heterocycles. The van der Waals surface area contributed by atoms with Crippen LogP contribution in [0.15, 0.2) is 0 Å². The third-order valence-electron chi connectivity index (χ3n) is 1.08. The van der Waals surface area contributed by atoms with Gasteiger partial charge in [-0.05, 0) is 0 Å². The number of amides is 1. The molecule has 64 valence electrons. The molecule has 1 atom stereocenters. The molecule has 0 bridgehead atoms. The summed E-state index contributed by atoms with van der Waals surface area (Å²) >= 11 is 7.46. The number of hydrogen-bond donors (Lipinski definition) is 3. The van der Waals surface area contributed by atoms with Crippen LogP contribution in [-0.2, 0) is 9.59 Å². The molecule has 0 saturated heterocycles. The fourth-order valence-corrected chi connectivity index (χ4v) is 1.11. The fourth-order valence-electron chi connectivity index (χ4n) is 0.479. The highest BCUT2D eigenvalue weighted by molar-refractivity contribution is 7.80. The Kier molecular flexibility index (Phi) is 4.36. The monoisotopic (exact) mass is 195 g/mol. The molecule has 0 unspecified atom stereocenters. The summed E-state index contributed by atoms with van der Waals surface area (Å²) in [7, 11) is 0. The molecule has 0 heterocycles. The van der Waals surface area contributed by atoms with Crippen LogP contribution in [0.25, 0.3) is 0 Å². The topological polar surface area (TPSA) is 57.6 Å². The van der Waals surface area contributed by atoms with E-state index in [1.54, 1.807) is 0 Å². The van der Waals surface area contributed by atoms with Gasteiger partial charge in [-0.15, -0.1) is 0 Å². The van der Waals surface area contributed by atoms with Gasteiger partial charge in [0.1, 0.15) is 6.04 Å². The van der Waals surface area contributed by atoms with Gasteiger partial charge in [-0.1, -0.05) is 12.8 Å². The summed E-state index contributed by atoms with van der Waals surface area (Å²) in [6.45, 7) is 1.24. The van der Waals surface area contributed by atoms with Crippen molar-refractivity contribution in [1.82, 2.24) is 4.31 Å². The standard InChI is InChI=1S/C5H9NO3S2/c1-3(7)6(11)4(2-10)5(8)9/h4,10-11H,2H2,1H3,(H,8,9)/t4-/m0/s1. The van der Waals surface area contributed by atoms with Crippen LogP contribution >= 0.6 is 25.4 Å². The third-order valence-corrected chi connectivity index (χ3v) is 1.98. The minimum atomic E-state index is -1.11. The van der Waals surface area contributed by atoms with Crippen LogP contribution in [0.4, 0.5) is 0 Å². The second-order valence-corrected chi connectivity index (χ2v) is 2.70. The molecule has 0 aliphatic heterocycles. The molecule has 1 N–H and O–H groups in total. The first kappa shape index (κ1) is 10.6. The normalized spacial score (nSPS) is 12.3. The number of rotatable bonds is 3. The zero-order chi connectivity index (χ0) is 9.02. The highest BCUT2D eigenvalue weighted by Gasteiger charge is 2.23. The van der Waals surface area contributed by atoms with Crippen molar-refractivity contribution in [2.75, 3.05) is 5.75 Å². The Balaban J connectivity index is 4.25. The lowest BCUT2D eigenvalue weighted by atomic mass is 10.3. The molecule has 1 amide bonds. The summed E-state index contributed by atoms with van der Waals surface area (Å²) < 4.78 is 0.843. The number of nitrogens with zero attached hydrogens (tertiary/aromatic N) is 1. The van der Waals surface area contributed by atoms with Gasteiger partial charge >= 0.3 is 5.97 Å². The fraction of sp³-hybridized carbons (Fsp3) is 0.600. The van der Waals surface area contributed by atoms with E-state index in [1.807, 2.05) is 0 Å². The molecule has 0 saturated carbocycles. The number of thiol groups is 2. The van der Waals surface area contributed by atoms with Gasteiger partial charge in [0.15, 0.2) is 0 Å². The minimum absolute atomic E-state index is 0.0540. The predicted molar refractivity (Wildman–Crippen MR) is 46.8 cm³/mol. The Morgan fingerprint density at radius 3 is 2.18 bits per heavy atom. The second kappa shape index (κ2) is 4.50. The molecule has 0 fully saturated rings. The molecule has 0 aliphatic carbocycles. The van der Waals surface area contributed by atoms with Gasteiger partial charge in [-0.2, -0.15) is 12.6 Å². The van der Waals surface area contributed by atoms with Crippen LogP contribution < -0.4 is 0 Å². The molecule has 0 aromatic carbocycles. The van der Waals surface area contributed by atoms with Gasteiger partial charge in [0.25, 0.3) is 0 Å². The first-order valence-electron chi connectivity index (χ1n) is 2.83. The Bertz CT molecular complexity index is 173. The Hall–Kier alpha value is -0.360. The maximum Gasteiger partial charge on any atom is 0.328 e. The van der Waals surface area contributed by atoms with Crippen molar-refractivity contribution in [3.8, 4) is 0 Å². The van der Waals surface area contributed by atoms with E-state index in [2.05, 4.69) is 25.4 Å². The van der Waals surface area contributed by atoms with Crippen molar-refractivity contribution in [3.63, 3.8) is 0 Å². The Labute approximate surface area is 75.5 Å². The van der Waals surface area contributed by atoms with E-state index in [0.717, 1.165) is 4.31 Å². The first-order chi connectivity index (χ1) is 5.00. The number of aliphatic carboxylic acids is 1. The highest BCUT2D eigenvalue weighted by atomic mass is 32.1. The van der Waals surface area contributed by atoms with Crippen molar-refractivity contribution >= 4 is 37.3 Å². The average molecular weight is 195 g/mol. The molecule has 0 aliphatic rings. The molecular formula is C5H9NO3S2. The van der Waals surface area contributed by atoms with Gasteiger partial charge in [0.2, 0.25) is 5.91 Å². The van der Waals surface area contributed by atoms with E-state index in [0.29, 0.717) is 0 Å². The number of carbonyl (C=O) groups is 2. The van der Waals surface area contributed by atoms with Crippen molar-refractivity contribution < 1.29 is 14.7 Å². The summed E-state index contributed by atoms with van der Waals surface area (Å²) in [4.78, 5) is 21.0. The number of carbonyl (C=O) groups excluding carboxylic acids is 1. The van der Waals surface area contributed by atoms with Crippen molar-refractivity contribution in [2.24, 2.45) is 0 Å². The smallest absolute Gasteiger partial charge is 0.328 e. The van der Waals surface area contributed by atoms with E-state index in [9.17, 15) is 9.59 Å². The predicted octanol–water partition coefficient (Wildman–Crippen LogP) is 0.0627. The van der Waals surface area contributed by atoms with E-state index >= 15 is 0 Å². The first-order valence-corrected chi connectivity index (χ1v) is 3.86. The molecule has 0 spiro atoms. The summed E-state index contributed by atoms with van der Waals surface area (Å²) in [5.74, 6) is -1.46. The van der Waals surface area contributed by atoms with E-state index in [4.69, 9.17) is 5.11 Å². The number of carboxylic acid groups (broad SMARTS) is 1. The summed E-state index contributed by atoms with van der Waals surface area (Å²) in [6, 6.07) is -0.959. The summed E-state index contributed by atoms with van der Waals surface area (Å²) in [5.41, 5.74) is 0. The lowest BCUT2D eigenvalue weighted by Crippen LogP contribution is -2.39. The molecule has 6 heteroatoms. The number of carboxylic acids is 1. The molecule has 0 radical (unpaired) electrons. The Morgan fingerprint density at radius 2 is 2.09 bits per heavy atom. The van der Waals surface area contributed by atoms with Gasteiger partial charge < -0.3 is 5.11 Å². The summed E-state index contributed by atoms with van der Waals surface area (Å²) in [5, 5.41) is 8.50. The lowest BCUT2D eigenvalue weighted by molar-refractivity contribution is -0.144. The van der Waals surface area contributed by atoms with Crippen molar-refractivity contribution in [1.29, 1.82) is 0 Å². The van der Waals surface area contributed by atoms with E-state index in [1.165, 1.54) is 6.92 Å². The quantitative estimate of drug-likeness (QED) is 0.558. The van der Waals surface area contributed by atoms with Crippen molar-refractivity contribution in [2.45, 2.75) is 13.0 Å². The van der Waals surface area contributed by atoms with Crippen LogP contribution in [0.2, 0.25) is 0 Å². The van der Waals surface area contributed by atoms with Crippen LogP contribution in [0.3, 0.4) is 0 Å². The Morgan fingerprint density at radius 1 is 1.64 bits per heavy atom. The zero-order valence-corrected chi connectivity index (χ0v) is 7.68. The lowest BCUT2D eigenvalue weighted by Gasteiger charge is -2.19. The van der Waals surface area contributed by atoms with Crippen LogP contribution in [0.5, 0.6) is 0 Å². The van der Waals surface area contributed by atoms with Crippen LogP contribution in [-0.4, -0.2) is 33.1 Å². The largest absolute Gasteiger partial charge is 0.480 e. The molecule has 0 rings (SSSR count). The summed E-state index contributed by atoms with van der Waals surface area (Å²) in [6.07, 6.45) is 0.